The lowest BCUT2D eigenvalue weighted by molar-refractivity contribution is 0.366. The van der Waals surface area contributed by atoms with E-state index in [1.54, 1.807) is 0 Å². The van der Waals surface area contributed by atoms with Gasteiger partial charge in [-0.3, -0.25) is 4.68 Å². The molecule has 15 heavy (non-hydrogen) atoms. The highest BCUT2D eigenvalue weighted by Gasteiger charge is 2.14. The first-order valence-electron chi connectivity index (χ1n) is 5.17. The summed E-state index contributed by atoms with van der Waals surface area (Å²) < 4.78 is 2.99. The van der Waals surface area contributed by atoms with E-state index in [9.17, 15) is 0 Å². The van der Waals surface area contributed by atoms with Crippen LogP contribution in [0, 0.1) is 0 Å². The lowest BCUT2D eigenvalue weighted by Gasteiger charge is -2.15. The van der Waals surface area contributed by atoms with Crippen LogP contribution in [0.2, 0.25) is 0 Å². The fourth-order valence-electron chi connectivity index (χ4n) is 1.41. The average molecular weight is 275 g/mol. The quantitative estimate of drug-likeness (QED) is 0.888. The van der Waals surface area contributed by atoms with E-state index in [0.29, 0.717) is 0 Å². The van der Waals surface area contributed by atoms with Gasteiger partial charge in [-0.2, -0.15) is 5.10 Å². The number of hydrogen-bond donors (Lipinski definition) is 1. The first kappa shape index (κ1) is 12.7. The zero-order valence-electron chi connectivity index (χ0n) is 9.57. The number of hydrogen-bond acceptors (Lipinski definition) is 3. The molecule has 4 nitrogen and oxygen atoms in total. The zero-order valence-corrected chi connectivity index (χ0v) is 11.2. The van der Waals surface area contributed by atoms with Crippen LogP contribution in [0.25, 0.3) is 0 Å². The molecule has 1 aromatic rings. The SMILES string of the molecule is CCC(N)c1c(Br)cnn1CCN(C)C. The first-order chi connectivity index (χ1) is 7.06. The van der Waals surface area contributed by atoms with Gasteiger partial charge in [0.2, 0.25) is 0 Å². The van der Waals surface area contributed by atoms with Crippen molar-refractivity contribution in [3.8, 4) is 0 Å². The van der Waals surface area contributed by atoms with Crippen molar-refractivity contribution < 1.29 is 0 Å². The molecule has 5 heteroatoms. The van der Waals surface area contributed by atoms with Crippen LogP contribution >= 0.6 is 15.9 Å². The fraction of sp³-hybridized carbons (Fsp3) is 0.700. The summed E-state index contributed by atoms with van der Waals surface area (Å²) in [5.41, 5.74) is 7.14. The second-order valence-electron chi connectivity index (χ2n) is 3.92. The predicted molar refractivity (Wildman–Crippen MR) is 65.7 cm³/mol. The molecule has 1 rings (SSSR count). The molecule has 0 aliphatic carbocycles. The van der Waals surface area contributed by atoms with Crippen molar-refractivity contribution in [1.29, 1.82) is 0 Å². The summed E-state index contributed by atoms with van der Waals surface area (Å²) in [4.78, 5) is 2.14. The van der Waals surface area contributed by atoms with Gasteiger partial charge >= 0.3 is 0 Å². The van der Waals surface area contributed by atoms with Gasteiger partial charge in [0.25, 0.3) is 0 Å². The molecule has 0 saturated heterocycles. The number of likely N-dealkylation sites (N-methyl/N-ethyl adjacent to an activating group) is 1. The topological polar surface area (TPSA) is 47.1 Å². The van der Waals surface area contributed by atoms with Crippen LogP contribution in [-0.2, 0) is 6.54 Å². The van der Waals surface area contributed by atoms with Crippen LogP contribution < -0.4 is 5.73 Å². The molecular formula is C10H19BrN4. The van der Waals surface area contributed by atoms with Crippen molar-refractivity contribution in [2.45, 2.75) is 25.9 Å². The Kier molecular flexibility index (Phi) is 4.76. The van der Waals surface area contributed by atoms with Gasteiger partial charge in [-0.15, -0.1) is 0 Å². The van der Waals surface area contributed by atoms with E-state index in [2.05, 4.69) is 46.9 Å². The summed E-state index contributed by atoms with van der Waals surface area (Å²) in [5, 5.41) is 4.32. The first-order valence-corrected chi connectivity index (χ1v) is 5.97. The summed E-state index contributed by atoms with van der Waals surface area (Å²) >= 11 is 3.49. The molecule has 1 atom stereocenters. The highest BCUT2D eigenvalue weighted by Crippen LogP contribution is 2.23. The van der Waals surface area contributed by atoms with Gasteiger partial charge in [0, 0.05) is 12.6 Å². The van der Waals surface area contributed by atoms with Crippen LogP contribution in [0.5, 0.6) is 0 Å². The van der Waals surface area contributed by atoms with Crippen molar-refractivity contribution in [3.63, 3.8) is 0 Å². The largest absolute Gasteiger partial charge is 0.323 e. The molecule has 0 saturated carbocycles. The minimum atomic E-state index is 0.0593. The molecule has 0 spiro atoms. The van der Waals surface area contributed by atoms with E-state index in [0.717, 1.165) is 29.7 Å². The van der Waals surface area contributed by atoms with Crippen molar-refractivity contribution in [2.24, 2.45) is 5.73 Å². The minimum Gasteiger partial charge on any atom is -0.323 e. The van der Waals surface area contributed by atoms with E-state index >= 15 is 0 Å². The summed E-state index contributed by atoms with van der Waals surface area (Å²) in [5.74, 6) is 0. The number of halogens is 1. The predicted octanol–water partition coefficient (Wildman–Crippen LogP) is 1.62. The Morgan fingerprint density at radius 3 is 2.80 bits per heavy atom. The van der Waals surface area contributed by atoms with E-state index in [4.69, 9.17) is 5.73 Å². The number of nitrogens with two attached hydrogens (primary N) is 1. The molecule has 0 aromatic carbocycles. The Balaban J connectivity index is 2.79. The molecule has 0 bridgehead atoms. The highest BCUT2D eigenvalue weighted by atomic mass is 79.9. The molecule has 0 radical (unpaired) electrons. The van der Waals surface area contributed by atoms with Gasteiger partial charge in [-0.25, -0.2) is 0 Å². The van der Waals surface area contributed by atoms with Gasteiger partial charge in [-0.05, 0) is 36.4 Å². The lowest BCUT2D eigenvalue weighted by atomic mass is 10.2. The maximum Gasteiger partial charge on any atom is 0.0693 e. The van der Waals surface area contributed by atoms with Crippen molar-refractivity contribution in [1.82, 2.24) is 14.7 Å². The van der Waals surface area contributed by atoms with Crippen LogP contribution in [-0.4, -0.2) is 35.3 Å². The maximum absolute atomic E-state index is 6.04. The zero-order chi connectivity index (χ0) is 11.4. The third-order valence-corrected chi connectivity index (χ3v) is 2.99. The molecule has 0 aliphatic rings. The molecule has 0 fully saturated rings. The number of rotatable bonds is 5. The smallest absolute Gasteiger partial charge is 0.0693 e. The van der Waals surface area contributed by atoms with E-state index in [-0.39, 0.29) is 6.04 Å². The number of aromatic nitrogens is 2. The van der Waals surface area contributed by atoms with Crippen LogP contribution in [0.1, 0.15) is 25.1 Å². The highest BCUT2D eigenvalue weighted by molar-refractivity contribution is 9.10. The second kappa shape index (κ2) is 5.63. The molecule has 1 aromatic heterocycles. The molecule has 0 aliphatic heterocycles. The monoisotopic (exact) mass is 274 g/mol. The normalized spacial score (nSPS) is 13.5. The Morgan fingerprint density at radius 2 is 2.27 bits per heavy atom. The number of nitrogens with zero attached hydrogens (tertiary/aromatic N) is 3. The van der Waals surface area contributed by atoms with E-state index in [1.807, 2.05) is 10.9 Å². The van der Waals surface area contributed by atoms with Gasteiger partial charge in [0.1, 0.15) is 0 Å². The average Bonchev–Trinajstić information content (AvgIpc) is 2.55. The summed E-state index contributed by atoms with van der Waals surface area (Å²) in [6.07, 6.45) is 2.74. The summed E-state index contributed by atoms with van der Waals surface area (Å²) in [6, 6.07) is 0.0593. The molecule has 1 unspecified atom stereocenters. The van der Waals surface area contributed by atoms with Crippen LogP contribution in [0.4, 0.5) is 0 Å². The van der Waals surface area contributed by atoms with Crippen LogP contribution in [0.15, 0.2) is 10.7 Å². The van der Waals surface area contributed by atoms with Gasteiger partial charge in [0.15, 0.2) is 0 Å². The molecular weight excluding hydrogens is 256 g/mol. The molecule has 86 valence electrons. The van der Waals surface area contributed by atoms with Gasteiger partial charge in [0.05, 0.1) is 22.9 Å². The Morgan fingerprint density at radius 1 is 1.60 bits per heavy atom. The van der Waals surface area contributed by atoms with Crippen molar-refractivity contribution in [3.05, 3.63) is 16.4 Å². The lowest BCUT2D eigenvalue weighted by Crippen LogP contribution is -2.22. The molecule has 1 heterocycles. The van der Waals surface area contributed by atoms with E-state index < -0.39 is 0 Å². The van der Waals surface area contributed by atoms with Gasteiger partial charge < -0.3 is 10.6 Å². The Hall–Kier alpha value is -0.390. The van der Waals surface area contributed by atoms with Gasteiger partial charge in [-0.1, -0.05) is 6.92 Å². The maximum atomic E-state index is 6.04. The standard InChI is InChI=1S/C10H19BrN4/c1-4-9(12)10-8(11)7-13-15(10)6-5-14(2)3/h7,9H,4-6,12H2,1-3H3. The third kappa shape index (κ3) is 3.29. The van der Waals surface area contributed by atoms with Crippen LogP contribution in [0.3, 0.4) is 0 Å². The minimum absolute atomic E-state index is 0.0593. The third-order valence-electron chi connectivity index (χ3n) is 2.38. The summed E-state index contributed by atoms with van der Waals surface area (Å²) in [6.45, 7) is 3.93. The fourth-order valence-corrected chi connectivity index (χ4v) is 2.00. The second-order valence-corrected chi connectivity index (χ2v) is 4.77. The molecule has 2 N–H and O–H groups in total. The Labute approximate surface area is 99.6 Å². The Bertz CT molecular complexity index is 308. The molecule has 0 amide bonds. The van der Waals surface area contributed by atoms with Crippen molar-refractivity contribution >= 4 is 15.9 Å². The summed E-state index contributed by atoms with van der Waals surface area (Å²) in [7, 11) is 4.11. The van der Waals surface area contributed by atoms with Crippen molar-refractivity contribution in [2.75, 3.05) is 20.6 Å². The van der Waals surface area contributed by atoms with E-state index in [1.165, 1.54) is 0 Å².